The third kappa shape index (κ3) is 3.49. The maximum atomic E-state index is 12.5. The van der Waals surface area contributed by atoms with E-state index in [4.69, 9.17) is 9.47 Å². The van der Waals surface area contributed by atoms with Crippen molar-refractivity contribution in [2.75, 3.05) is 46.5 Å². The lowest BCUT2D eigenvalue weighted by molar-refractivity contribution is -0.153. The summed E-state index contributed by atoms with van der Waals surface area (Å²) in [7, 11) is 1.62. The van der Waals surface area contributed by atoms with Gasteiger partial charge in [-0.1, -0.05) is 0 Å². The van der Waals surface area contributed by atoms with Crippen LogP contribution < -0.4 is 0 Å². The summed E-state index contributed by atoms with van der Waals surface area (Å²) in [5, 5.41) is 0. The fourth-order valence-electron chi connectivity index (χ4n) is 2.82. The van der Waals surface area contributed by atoms with Crippen molar-refractivity contribution in [2.24, 2.45) is 5.92 Å². The first-order valence-corrected chi connectivity index (χ1v) is 7.30. The van der Waals surface area contributed by atoms with Gasteiger partial charge in [0.25, 0.3) is 0 Å². The standard InChI is InChI=1S/C14H24N2O4/c1-11-12(4-3-8-20-11)14(18)16-6-5-15(7-9-19-2)13(17)10-16/h11-12H,3-10H2,1-2H3/t11-,12+/m0/s1. The lowest BCUT2D eigenvalue weighted by Crippen LogP contribution is -2.55. The third-order valence-corrected chi connectivity index (χ3v) is 4.12. The first kappa shape index (κ1) is 15.3. The summed E-state index contributed by atoms with van der Waals surface area (Å²) in [6.07, 6.45) is 1.73. The maximum absolute atomic E-state index is 12.5. The number of methoxy groups -OCH3 is 1. The van der Waals surface area contributed by atoms with Gasteiger partial charge in [-0.3, -0.25) is 9.59 Å². The van der Waals surface area contributed by atoms with Gasteiger partial charge in [0.1, 0.15) is 0 Å². The van der Waals surface area contributed by atoms with E-state index >= 15 is 0 Å². The molecule has 0 N–H and O–H groups in total. The Balaban J connectivity index is 1.88. The Morgan fingerprint density at radius 2 is 2.25 bits per heavy atom. The molecule has 2 aliphatic rings. The van der Waals surface area contributed by atoms with Gasteiger partial charge in [0.2, 0.25) is 11.8 Å². The van der Waals surface area contributed by atoms with E-state index in [0.29, 0.717) is 26.2 Å². The van der Waals surface area contributed by atoms with Gasteiger partial charge in [0.05, 0.1) is 25.2 Å². The van der Waals surface area contributed by atoms with Crippen LogP contribution in [0.5, 0.6) is 0 Å². The fourth-order valence-corrected chi connectivity index (χ4v) is 2.82. The number of carbonyl (C=O) groups excluding carboxylic acids is 2. The Kier molecular flexibility index (Phi) is 5.37. The van der Waals surface area contributed by atoms with E-state index in [1.165, 1.54) is 0 Å². The zero-order chi connectivity index (χ0) is 14.5. The van der Waals surface area contributed by atoms with Crippen molar-refractivity contribution >= 4 is 11.8 Å². The minimum Gasteiger partial charge on any atom is -0.383 e. The summed E-state index contributed by atoms with van der Waals surface area (Å²) in [5.41, 5.74) is 0. The number of nitrogens with zero attached hydrogens (tertiary/aromatic N) is 2. The topological polar surface area (TPSA) is 59.1 Å². The van der Waals surface area contributed by atoms with E-state index in [1.807, 2.05) is 6.92 Å². The number of amides is 2. The molecule has 2 saturated heterocycles. The average Bonchev–Trinajstić information content (AvgIpc) is 2.46. The highest BCUT2D eigenvalue weighted by Crippen LogP contribution is 2.23. The number of carbonyl (C=O) groups is 2. The Morgan fingerprint density at radius 3 is 2.90 bits per heavy atom. The SMILES string of the molecule is COCCN1CCN(C(=O)[C@@H]2CCCO[C@H]2C)CC1=O. The highest BCUT2D eigenvalue weighted by molar-refractivity contribution is 5.87. The van der Waals surface area contributed by atoms with Crippen LogP contribution in [0.1, 0.15) is 19.8 Å². The molecular formula is C14H24N2O4. The van der Waals surface area contributed by atoms with Gasteiger partial charge >= 0.3 is 0 Å². The van der Waals surface area contributed by atoms with Crippen LogP contribution in [0.25, 0.3) is 0 Å². The van der Waals surface area contributed by atoms with E-state index in [1.54, 1.807) is 16.9 Å². The van der Waals surface area contributed by atoms with E-state index in [-0.39, 0.29) is 30.4 Å². The molecule has 2 rings (SSSR count). The quantitative estimate of drug-likeness (QED) is 0.736. The average molecular weight is 284 g/mol. The second-order valence-corrected chi connectivity index (χ2v) is 5.46. The molecule has 2 atom stereocenters. The van der Waals surface area contributed by atoms with Crippen LogP contribution in [-0.2, 0) is 19.1 Å². The van der Waals surface area contributed by atoms with E-state index < -0.39 is 0 Å². The van der Waals surface area contributed by atoms with Crippen molar-refractivity contribution in [1.29, 1.82) is 0 Å². The van der Waals surface area contributed by atoms with Gasteiger partial charge in [-0.05, 0) is 19.8 Å². The summed E-state index contributed by atoms with van der Waals surface area (Å²) in [6.45, 7) is 5.19. The van der Waals surface area contributed by atoms with Gasteiger partial charge in [-0.25, -0.2) is 0 Å². The van der Waals surface area contributed by atoms with Gasteiger partial charge in [-0.15, -0.1) is 0 Å². The van der Waals surface area contributed by atoms with Crippen LogP contribution in [0.2, 0.25) is 0 Å². The smallest absolute Gasteiger partial charge is 0.242 e. The zero-order valence-corrected chi connectivity index (χ0v) is 12.3. The van der Waals surface area contributed by atoms with Gasteiger partial charge in [0, 0.05) is 33.4 Å². The predicted octanol–water partition coefficient (Wildman–Crippen LogP) is 0.119. The summed E-state index contributed by atoms with van der Waals surface area (Å²) in [6, 6.07) is 0. The summed E-state index contributed by atoms with van der Waals surface area (Å²) in [4.78, 5) is 27.9. The van der Waals surface area contributed by atoms with Crippen molar-refractivity contribution < 1.29 is 19.1 Å². The minimum atomic E-state index is -0.0953. The Bertz CT molecular complexity index is 361. The first-order chi connectivity index (χ1) is 9.63. The first-order valence-electron chi connectivity index (χ1n) is 7.30. The molecule has 2 heterocycles. The second-order valence-electron chi connectivity index (χ2n) is 5.46. The van der Waals surface area contributed by atoms with Crippen molar-refractivity contribution in [1.82, 2.24) is 9.80 Å². The van der Waals surface area contributed by atoms with Crippen molar-refractivity contribution in [2.45, 2.75) is 25.9 Å². The summed E-state index contributed by atoms with van der Waals surface area (Å²) in [5.74, 6) is -0.0231. The lowest BCUT2D eigenvalue weighted by Gasteiger charge is -2.38. The molecule has 20 heavy (non-hydrogen) atoms. The largest absolute Gasteiger partial charge is 0.383 e. The van der Waals surface area contributed by atoms with Gasteiger partial charge in [-0.2, -0.15) is 0 Å². The van der Waals surface area contributed by atoms with Crippen LogP contribution in [0.3, 0.4) is 0 Å². The van der Waals surface area contributed by atoms with Crippen LogP contribution in [0, 0.1) is 5.92 Å². The van der Waals surface area contributed by atoms with E-state index in [0.717, 1.165) is 19.4 Å². The number of rotatable bonds is 4. The molecule has 0 aromatic rings. The van der Waals surface area contributed by atoms with Gasteiger partial charge < -0.3 is 19.3 Å². The molecular weight excluding hydrogens is 260 g/mol. The molecule has 6 nitrogen and oxygen atoms in total. The molecule has 114 valence electrons. The highest BCUT2D eigenvalue weighted by Gasteiger charge is 2.35. The van der Waals surface area contributed by atoms with Crippen molar-refractivity contribution in [3.05, 3.63) is 0 Å². The molecule has 0 bridgehead atoms. The van der Waals surface area contributed by atoms with Crippen molar-refractivity contribution in [3.63, 3.8) is 0 Å². The normalized spacial score (nSPS) is 27.8. The predicted molar refractivity (Wildman–Crippen MR) is 73.2 cm³/mol. The lowest BCUT2D eigenvalue weighted by atomic mass is 9.93. The molecule has 2 fully saturated rings. The summed E-state index contributed by atoms with van der Waals surface area (Å²) >= 11 is 0. The monoisotopic (exact) mass is 284 g/mol. The molecule has 0 radical (unpaired) electrons. The van der Waals surface area contributed by atoms with Crippen LogP contribution in [-0.4, -0.2) is 74.2 Å². The molecule has 6 heteroatoms. The van der Waals surface area contributed by atoms with Gasteiger partial charge in [0.15, 0.2) is 0 Å². The highest BCUT2D eigenvalue weighted by atomic mass is 16.5. The molecule has 0 aliphatic carbocycles. The van der Waals surface area contributed by atoms with Crippen LogP contribution >= 0.6 is 0 Å². The Labute approximate surface area is 120 Å². The van der Waals surface area contributed by atoms with E-state index in [2.05, 4.69) is 0 Å². The summed E-state index contributed by atoms with van der Waals surface area (Å²) < 4.78 is 10.5. The fraction of sp³-hybridized carbons (Fsp3) is 0.857. The zero-order valence-electron chi connectivity index (χ0n) is 12.3. The molecule has 0 spiro atoms. The maximum Gasteiger partial charge on any atom is 0.242 e. The van der Waals surface area contributed by atoms with Crippen LogP contribution in [0.15, 0.2) is 0 Å². The molecule has 0 saturated carbocycles. The molecule has 2 amide bonds. The molecule has 0 unspecified atom stereocenters. The molecule has 0 aromatic carbocycles. The number of ether oxygens (including phenoxy) is 2. The second kappa shape index (κ2) is 7.04. The van der Waals surface area contributed by atoms with Crippen molar-refractivity contribution in [3.8, 4) is 0 Å². The Hall–Kier alpha value is -1.14. The minimum absolute atomic E-state index is 0.00558. The van der Waals surface area contributed by atoms with Crippen LogP contribution in [0.4, 0.5) is 0 Å². The van der Waals surface area contributed by atoms with E-state index in [9.17, 15) is 9.59 Å². The number of piperazine rings is 1. The molecule has 2 aliphatic heterocycles. The molecule has 0 aromatic heterocycles. The number of hydrogen-bond acceptors (Lipinski definition) is 4. The Morgan fingerprint density at radius 1 is 1.45 bits per heavy atom. The third-order valence-electron chi connectivity index (χ3n) is 4.12. The number of hydrogen-bond donors (Lipinski definition) is 0.